The highest BCUT2D eigenvalue weighted by atomic mass is 16.3. The van der Waals surface area contributed by atoms with E-state index in [-0.39, 0.29) is 0 Å². The van der Waals surface area contributed by atoms with E-state index >= 15 is 0 Å². The number of fused-ring (bicyclic) bond motifs is 4. The smallest absolute Gasteiger partial charge is 0.144 e. The fraction of sp³-hybridized carbons (Fsp3) is 0.323. The Morgan fingerprint density at radius 3 is 2.42 bits per heavy atom. The fourth-order valence-corrected chi connectivity index (χ4v) is 5.70. The summed E-state index contributed by atoms with van der Waals surface area (Å²) in [5.74, 6) is 0.670. The van der Waals surface area contributed by atoms with E-state index in [0.29, 0.717) is 11.3 Å². The Morgan fingerprint density at radius 2 is 1.61 bits per heavy atom. The average molecular weight is 434 g/mol. The van der Waals surface area contributed by atoms with E-state index in [0.717, 1.165) is 22.4 Å². The number of pyridine rings is 1. The Bertz CT molecular complexity index is 1510. The maximum absolute atomic E-state index is 6.42. The second-order valence-electron chi connectivity index (χ2n) is 10.9. The second kappa shape index (κ2) is 7.45. The van der Waals surface area contributed by atoms with Gasteiger partial charge in [0.2, 0.25) is 0 Å². The summed E-state index contributed by atoms with van der Waals surface area (Å²) in [6.07, 6.45) is 7.14. The van der Waals surface area contributed by atoms with Gasteiger partial charge in [-0.15, -0.1) is 0 Å². The van der Waals surface area contributed by atoms with E-state index in [4.69, 9.17) is 9.40 Å². The molecule has 0 bridgehead atoms. The van der Waals surface area contributed by atoms with Gasteiger partial charge in [0.1, 0.15) is 11.2 Å². The van der Waals surface area contributed by atoms with Crippen LogP contribution in [0.4, 0.5) is 0 Å². The van der Waals surface area contributed by atoms with Crippen LogP contribution in [-0.2, 0) is 0 Å². The minimum Gasteiger partial charge on any atom is -0.455 e. The molecule has 2 heterocycles. The van der Waals surface area contributed by atoms with Crippen LogP contribution in [0.25, 0.3) is 44.0 Å². The Morgan fingerprint density at radius 1 is 0.818 bits per heavy atom. The number of hydrogen-bond donors (Lipinski definition) is 0. The van der Waals surface area contributed by atoms with Crippen molar-refractivity contribution >= 4 is 32.7 Å². The standard InChI is InChI=1S/C31H31NO/c1-19-5-7-25-26-15-20(2)16-27(30(26)33-28(25)17-19)29-24-8-6-22(18-23(24)11-14-32-29)21-9-12-31(3,4)13-10-21/h5-8,11,14-18,21H,9-10,12-13H2,1-4H3. The van der Waals surface area contributed by atoms with Gasteiger partial charge in [-0.3, -0.25) is 4.98 Å². The molecule has 0 radical (unpaired) electrons. The Labute approximate surface area is 195 Å². The minimum absolute atomic E-state index is 0.492. The third-order valence-corrected chi connectivity index (χ3v) is 7.73. The Balaban J connectivity index is 1.50. The fourth-order valence-electron chi connectivity index (χ4n) is 5.70. The van der Waals surface area contributed by atoms with Crippen LogP contribution in [0, 0.1) is 19.3 Å². The summed E-state index contributed by atoms with van der Waals surface area (Å²) in [7, 11) is 0. The molecule has 2 aromatic heterocycles. The van der Waals surface area contributed by atoms with Gasteiger partial charge in [-0.1, -0.05) is 44.2 Å². The van der Waals surface area contributed by atoms with E-state index in [1.807, 2.05) is 6.20 Å². The van der Waals surface area contributed by atoms with E-state index in [9.17, 15) is 0 Å². The van der Waals surface area contributed by atoms with Crippen LogP contribution in [0.3, 0.4) is 0 Å². The number of furan rings is 1. The first-order valence-corrected chi connectivity index (χ1v) is 12.2. The van der Waals surface area contributed by atoms with Gasteiger partial charge in [-0.25, -0.2) is 0 Å². The molecular weight excluding hydrogens is 402 g/mol. The summed E-state index contributed by atoms with van der Waals surface area (Å²) in [5.41, 5.74) is 8.36. The average Bonchev–Trinajstić information content (AvgIpc) is 3.15. The van der Waals surface area contributed by atoms with Crippen molar-refractivity contribution in [1.29, 1.82) is 0 Å². The molecule has 0 aliphatic heterocycles. The largest absolute Gasteiger partial charge is 0.455 e. The van der Waals surface area contributed by atoms with Crippen molar-refractivity contribution in [3.8, 4) is 11.3 Å². The van der Waals surface area contributed by atoms with Crippen molar-refractivity contribution < 1.29 is 4.42 Å². The SMILES string of the molecule is Cc1ccc2c(c1)oc1c(-c3nccc4cc(C5CCC(C)(C)CC5)ccc34)cc(C)cc12. The first-order valence-electron chi connectivity index (χ1n) is 12.2. The molecule has 166 valence electrons. The number of nitrogens with zero attached hydrogens (tertiary/aromatic N) is 1. The molecule has 1 fully saturated rings. The Hall–Kier alpha value is -3.13. The summed E-state index contributed by atoms with van der Waals surface area (Å²) in [6.45, 7) is 9.08. The molecule has 33 heavy (non-hydrogen) atoms. The molecule has 1 aliphatic carbocycles. The van der Waals surface area contributed by atoms with Crippen LogP contribution in [0.2, 0.25) is 0 Å². The molecule has 1 aliphatic rings. The van der Waals surface area contributed by atoms with Crippen molar-refractivity contribution in [2.75, 3.05) is 0 Å². The lowest BCUT2D eigenvalue weighted by atomic mass is 9.71. The van der Waals surface area contributed by atoms with E-state index in [1.165, 1.54) is 63.9 Å². The van der Waals surface area contributed by atoms with Gasteiger partial charge in [0.25, 0.3) is 0 Å². The molecule has 3 aromatic carbocycles. The quantitative estimate of drug-likeness (QED) is 0.277. The number of rotatable bonds is 2. The molecule has 6 rings (SSSR count). The van der Waals surface area contributed by atoms with Gasteiger partial charge in [0, 0.05) is 27.9 Å². The van der Waals surface area contributed by atoms with Crippen LogP contribution in [-0.4, -0.2) is 4.98 Å². The number of aryl methyl sites for hydroxylation is 2. The van der Waals surface area contributed by atoms with Gasteiger partial charge < -0.3 is 4.42 Å². The summed E-state index contributed by atoms with van der Waals surface area (Å²) >= 11 is 0. The first kappa shape index (κ1) is 20.5. The predicted molar refractivity (Wildman–Crippen MR) is 139 cm³/mol. The molecule has 2 heteroatoms. The van der Waals surface area contributed by atoms with Gasteiger partial charge in [0.05, 0.1) is 5.69 Å². The molecule has 0 N–H and O–H groups in total. The van der Waals surface area contributed by atoms with Crippen molar-refractivity contribution in [2.45, 2.75) is 59.3 Å². The molecule has 0 atom stereocenters. The monoisotopic (exact) mass is 433 g/mol. The molecule has 2 nitrogen and oxygen atoms in total. The summed E-state index contributed by atoms with van der Waals surface area (Å²) in [5, 5.41) is 4.80. The summed E-state index contributed by atoms with van der Waals surface area (Å²) in [6, 6.07) is 20.1. The highest BCUT2D eigenvalue weighted by Crippen LogP contribution is 2.44. The zero-order valence-electron chi connectivity index (χ0n) is 20.0. The van der Waals surface area contributed by atoms with E-state index in [1.54, 1.807) is 0 Å². The maximum atomic E-state index is 6.42. The minimum atomic E-state index is 0.492. The number of benzene rings is 3. The predicted octanol–water partition coefficient (Wildman–Crippen LogP) is 9.10. The van der Waals surface area contributed by atoms with Crippen molar-refractivity contribution in [3.05, 3.63) is 77.5 Å². The highest BCUT2D eigenvalue weighted by Gasteiger charge is 2.27. The summed E-state index contributed by atoms with van der Waals surface area (Å²) in [4.78, 5) is 4.86. The molecular formula is C31H31NO. The van der Waals surface area contributed by atoms with Gasteiger partial charge in [-0.05, 0) is 97.2 Å². The molecule has 0 spiro atoms. The van der Waals surface area contributed by atoms with E-state index in [2.05, 4.69) is 82.3 Å². The van der Waals surface area contributed by atoms with Gasteiger partial charge >= 0.3 is 0 Å². The van der Waals surface area contributed by atoms with Gasteiger partial charge in [0.15, 0.2) is 0 Å². The maximum Gasteiger partial charge on any atom is 0.144 e. The molecule has 0 amide bonds. The molecule has 5 aromatic rings. The highest BCUT2D eigenvalue weighted by molar-refractivity contribution is 6.12. The van der Waals surface area contributed by atoms with Crippen molar-refractivity contribution in [2.24, 2.45) is 5.41 Å². The van der Waals surface area contributed by atoms with Crippen LogP contribution < -0.4 is 0 Å². The van der Waals surface area contributed by atoms with Crippen LogP contribution in [0.1, 0.15) is 62.1 Å². The topological polar surface area (TPSA) is 26.0 Å². The number of hydrogen-bond acceptors (Lipinski definition) is 2. The zero-order chi connectivity index (χ0) is 22.7. The summed E-state index contributed by atoms with van der Waals surface area (Å²) < 4.78 is 6.42. The second-order valence-corrected chi connectivity index (χ2v) is 10.9. The van der Waals surface area contributed by atoms with Crippen LogP contribution in [0.5, 0.6) is 0 Å². The van der Waals surface area contributed by atoms with Gasteiger partial charge in [-0.2, -0.15) is 0 Å². The molecule has 1 saturated carbocycles. The van der Waals surface area contributed by atoms with Crippen molar-refractivity contribution in [3.63, 3.8) is 0 Å². The number of aromatic nitrogens is 1. The van der Waals surface area contributed by atoms with Crippen LogP contribution >= 0.6 is 0 Å². The first-order chi connectivity index (χ1) is 15.9. The lowest BCUT2D eigenvalue weighted by Gasteiger charge is -2.34. The third-order valence-electron chi connectivity index (χ3n) is 7.73. The van der Waals surface area contributed by atoms with Crippen molar-refractivity contribution in [1.82, 2.24) is 4.98 Å². The Kier molecular flexibility index (Phi) is 4.62. The normalized spacial score (nSPS) is 16.7. The molecule has 0 unspecified atom stereocenters. The molecule has 0 saturated heterocycles. The van der Waals surface area contributed by atoms with E-state index < -0.39 is 0 Å². The zero-order valence-corrected chi connectivity index (χ0v) is 20.0. The lowest BCUT2D eigenvalue weighted by molar-refractivity contribution is 0.224. The van der Waals surface area contributed by atoms with Crippen LogP contribution in [0.15, 0.2) is 65.2 Å². The lowest BCUT2D eigenvalue weighted by Crippen LogP contribution is -2.20. The third kappa shape index (κ3) is 3.53.